The summed E-state index contributed by atoms with van der Waals surface area (Å²) in [6.07, 6.45) is 11.2. The molecule has 42 heavy (non-hydrogen) atoms. The minimum absolute atomic E-state index is 0.00674. The third-order valence-corrected chi connectivity index (χ3v) is 7.54. The van der Waals surface area contributed by atoms with Gasteiger partial charge in [0, 0.05) is 43.3 Å². The van der Waals surface area contributed by atoms with Gasteiger partial charge >= 0.3 is 6.03 Å². The van der Waals surface area contributed by atoms with Crippen LogP contribution >= 0.6 is 11.6 Å². The number of aromatic nitrogens is 6. The van der Waals surface area contributed by atoms with Crippen LogP contribution in [0.15, 0.2) is 43.1 Å². The summed E-state index contributed by atoms with van der Waals surface area (Å²) < 4.78 is 1.91. The molecule has 3 aliphatic rings. The van der Waals surface area contributed by atoms with E-state index in [0.29, 0.717) is 41.0 Å². The molecule has 7 rings (SSSR count). The molecule has 2 N–H and O–H groups in total. The maximum Gasteiger partial charge on any atom is 0.331 e. The van der Waals surface area contributed by atoms with Crippen LogP contribution in [0.2, 0.25) is 5.15 Å². The lowest BCUT2D eigenvalue weighted by atomic mass is 10.1. The molecule has 0 unspecified atom stereocenters. The van der Waals surface area contributed by atoms with Gasteiger partial charge < -0.3 is 15.0 Å². The molecule has 3 fully saturated rings. The fourth-order valence-corrected chi connectivity index (χ4v) is 4.70. The topological polar surface area (TPSA) is 151 Å². The average Bonchev–Trinajstić information content (AvgIpc) is 3.92. The lowest BCUT2D eigenvalue weighted by Crippen LogP contribution is -2.30. The first-order chi connectivity index (χ1) is 20.3. The van der Waals surface area contributed by atoms with Crippen molar-refractivity contribution in [1.29, 1.82) is 0 Å². The van der Waals surface area contributed by atoms with Crippen LogP contribution in [0.4, 0.5) is 22.0 Å². The first kappa shape index (κ1) is 27.5. The van der Waals surface area contributed by atoms with Crippen LogP contribution in [0.1, 0.15) is 48.6 Å². The van der Waals surface area contributed by atoms with Crippen molar-refractivity contribution in [3.05, 3.63) is 65.2 Å². The first-order valence-corrected chi connectivity index (χ1v) is 14.0. The number of hydrogen-bond acceptors (Lipinski definition) is 9. The van der Waals surface area contributed by atoms with Gasteiger partial charge in [0.2, 0.25) is 11.8 Å². The molecule has 1 aliphatic heterocycles. The van der Waals surface area contributed by atoms with Crippen LogP contribution in [0.3, 0.4) is 0 Å². The normalized spacial score (nSPS) is 16.5. The molecule has 1 saturated heterocycles. The molecule has 0 aromatic carbocycles. The first-order valence-electron chi connectivity index (χ1n) is 13.7. The zero-order chi connectivity index (χ0) is 29.4. The van der Waals surface area contributed by atoms with Crippen molar-refractivity contribution in [2.24, 2.45) is 5.92 Å². The largest absolute Gasteiger partial charge is 0.377 e. The smallest absolute Gasteiger partial charge is 0.331 e. The molecule has 0 bridgehead atoms. The second-order valence-electron chi connectivity index (χ2n) is 10.6. The monoisotopic (exact) mass is 588 g/mol. The van der Waals surface area contributed by atoms with Crippen LogP contribution in [0, 0.1) is 12.8 Å². The number of aryl methyl sites for hydroxylation is 1. The Balaban J connectivity index is 0.000000397. The van der Waals surface area contributed by atoms with Gasteiger partial charge in [-0.1, -0.05) is 11.6 Å². The third-order valence-electron chi connectivity index (χ3n) is 7.27. The van der Waals surface area contributed by atoms with E-state index in [2.05, 4.69) is 30.8 Å². The number of nitrogens with one attached hydrogen (secondary N) is 2. The molecule has 216 valence electrons. The van der Waals surface area contributed by atoms with Gasteiger partial charge in [-0.05, 0) is 56.2 Å². The van der Waals surface area contributed by atoms with E-state index in [9.17, 15) is 14.4 Å². The van der Waals surface area contributed by atoms with Gasteiger partial charge in [0.1, 0.15) is 12.9 Å². The van der Waals surface area contributed by atoms with Crippen molar-refractivity contribution in [1.82, 2.24) is 34.4 Å². The van der Waals surface area contributed by atoms with E-state index in [-0.39, 0.29) is 35.5 Å². The van der Waals surface area contributed by atoms with Crippen molar-refractivity contribution >= 4 is 52.3 Å². The predicted molar refractivity (Wildman–Crippen MR) is 155 cm³/mol. The van der Waals surface area contributed by atoms with Crippen molar-refractivity contribution < 1.29 is 14.4 Å². The van der Waals surface area contributed by atoms with Crippen LogP contribution in [0.25, 0.3) is 5.65 Å². The van der Waals surface area contributed by atoms with Gasteiger partial charge in [-0.3, -0.25) is 19.4 Å². The highest BCUT2D eigenvalue weighted by Crippen LogP contribution is 2.42. The number of fused-ring (bicyclic) bond motifs is 1. The quantitative estimate of drug-likeness (QED) is 0.307. The summed E-state index contributed by atoms with van der Waals surface area (Å²) >= 11 is 6.21. The average molecular weight is 589 g/mol. The Morgan fingerprint density at radius 3 is 2.55 bits per heavy atom. The SMILES string of the molecule is CN1C(=O)CN(c2cc(C3CC3)cn3cc(CNc4cc(NC(=O)C5CC5)nnc4Cl)nc23)C1=O.Cc1ccncn1. The summed E-state index contributed by atoms with van der Waals surface area (Å²) in [6.45, 7) is 2.25. The van der Waals surface area contributed by atoms with Crippen molar-refractivity contribution in [2.75, 3.05) is 29.1 Å². The fourth-order valence-electron chi connectivity index (χ4n) is 4.54. The van der Waals surface area contributed by atoms with Crippen LogP contribution < -0.4 is 15.5 Å². The van der Waals surface area contributed by atoms with Crippen LogP contribution in [0.5, 0.6) is 0 Å². The van der Waals surface area contributed by atoms with Gasteiger partial charge in [0.05, 0.1) is 23.6 Å². The van der Waals surface area contributed by atoms with E-state index in [4.69, 9.17) is 16.6 Å². The predicted octanol–water partition coefficient (Wildman–Crippen LogP) is 3.80. The Bertz CT molecular complexity index is 1670. The molecule has 4 amide bonds. The van der Waals surface area contributed by atoms with E-state index >= 15 is 0 Å². The summed E-state index contributed by atoms with van der Waals surface area (Å²) in [4.78, 5) is 51.8. The molecule has 4 aromatic rings. The number of imide groups is 1. The van der Waals surface area contributed by atoms with Gasteiger partial charge in [-0.2, -0.15) is 0 Å². The number of halogens is 1. The Morgan fingerprint density at radius 2 is 1.93 bits per heavy atom. The second kappa shape index (κ2) is 11.3. The number of carbonyl (C=O) groups is 3. The Kier molecular flexibility index (Phi) is 7.42. The summed E-state index contributed by atoms with van der Waals surface area (Å²) in [6, 6.07) is 5.12. The number of anilines is 3. The molecule has 0 atom stereocenters. The maximum absolute atomic E-state index is 12.7. The summed E-state index contributed by atoms with van der Waals surface area (Å²) in [5.74, 6) is 0.533. The third kappa shape index (κ3) is 6.00. The maximum atomic E-state index is 12.7. The number of amides is 4. The highest BCUT2D eigenvalue weighted by molar-refractivity contribution is 6.32. The minimum atomic E-state index is -0.358. The molecule has 5 heterocycles. The number of pyridine rings is 1. The number of hydrogen-bond donors (Lipinski definition) is 2. The molecule has 0 spiro atoms. The minimum Gasteiger partial charge on any atom is -0.377 e. The van der Waals surface area contributed by atoms with E-state index in [1.54, 1.807) is 12.3 Å². The summed E-state index contributed by atoms with van der Waals surface area (Å²) in [5.41, 5.74) is 4.58. The van der Waals surface area contributed by atoms with Crippen LogP contribution in [-0.4, -0.2) is 65.9 Å². The van der Waals surface area contributed by atoms with Crippen LogP contribution in [-0.2, 0) is 16.1 Å². The van der Waals surface area contributed by atoms with Crippen molar-refractivity contribution in [3.63, 3.8) is 0 Å². The Hall–Kier alpha value is -4.65. The lowest BCUT2D eigenvalue weighted by Gasteiger charge is -2.17. The molecule has 0 radical (unpaired) electrons. The highest BCUT2D eigenvalue weighted by Gasteiger charge is 2.36. The molecule has 14 heteroatoms. The van der Waals surface area contributed by atoms with E-state index in [1.807, 2.05) is 35.9 Å². The molecular weight excluding hydrogens is 560 g/mol. The molecule has 4 aromatic heterocycles. The van der Waals surface area contributed by atoms with Gasteiger partial charge in [0.25, 0.3) is 0 Å². The van der Waals surface area contributed by atoms with E-state index in [0.717, 1.165) is 41.8 Å². The number of rotatable bonds is 7. The number of likely N-dealkylation sites (N-methyl/N-ethyl adjacent to an activating group) is 1. The zero-order valence-electron chi connectivity index (χ0n) is 23.1. The fraction of sp³-hybridized carbons (Fsp3) is 0.357. The molecule has 2 aliphatic carbocycles. The molecular formula is C28H29ClN10O3. The standard InChI is InChI=1S/C23H23ClN8O3.C5H6N2/c1-30-19(33)11-32(23(30)35)17-6-14(12-2-3-12)9-31-10-15(26-21(17)31)8-25-16-7-18(28-29-20(16)24)27-22(34)13-4-5-13;1-5-2-3-6-4-7-5/h6-7,9-10,12-13H,2-5,8,11H2,1H3,(H2,25,27,28,34);2-4H,1H3. The number of carbonyl (C=O) groups excluding carboxylic acids is 3. The van der Waals surface area contributed by atoms with Crippen molar-refractivity contribution in [3.8, 4) is 0 Å². The van der Waals surface area contributed by atoms with Gasteiger partial charge in [-0.25, -0.2) is 19.7 Å². The van der Waals surface area contributed by atoms with Gasteiger partial charge in [-0.15, -0.1) is 10.2 Å². The number of urea groups is 1. The number of imidazole rings is 1. The van der Waals surface area contributed by atoms with E-state index in [1.165, 1.54) is 18.3 Å². The summed E-state index contributed by atoms with van der Waals surface area (Å²) in [5, 5.41) is 14.0. The molecule has 13 nitrogen and oxygen atoms in total. The highest BCUT2D eigenvalue weighted by atomic mass is 35.5. The van der Waals surface area contributed by atoms with Gasteiger partial charge in [0.15, 0.2) is 16.6 Å². The molecule has 2 saturated carbocycles. The number of nitrogens with zero attached hydrogens (tertiary/aromatic N) is 8. The Morgan fingerprint density at radius 1 is 1.12 bits per heavy atom. The summed E-state index contributed by atoms with van der Waals surface area (Å²) in [7, 11) is 1.49. The lowest BCUT2D eigenvalue weighted by molar-refractivity contribution is -0.124. The Labute approximate surface area is 246 Å². The van der Waals surface area contributed by atoms with E-state index < -0.39 is 0 Å². The zero-order valence-corrected chi connectivity index (χ0v) is 23.9. The van der Waals surface area contributed by atoms with Crippen molar-refractivity contribution in [2.45, 2.75) is 45.1 Å². The second-order valence-corrected chi connectivity index (χ2v) is 11.0.